The zero-order chi connectivity index (χ0) is 18.7. The summed E-state index contributed by atoms with van der Waals surface area (Å²) in [5.74, 6) is 0.716. The van der Waals surface area contributed by atoms with Gasteiger partial charge < -0.3 is 9.64 Å². The zero-order valence-corrected chi connectivity index (χ0v) is 15.7. The summed E-state index contributed by atoms with van der Waals surface area (Å²) in [6.07, 6.45) is 1.95. The molecule has 4 heteroatoms. The molecule has 1 fully saturated rings. The van der Waals surface area contributed by atoms with Gasteiger partial charge in [0.25, 0.3) is 5.91 Å². The number of carbonyl (C=O) groups is 1. The lowest BCUT2D eigenvalue weighted by Gasteiger charge is -2.23. The highest BCUT2D eigenvalue weighted by molar-refractivity contribution is 5.78. The minimum absolute atomic E-state index is 0.0197. The van der Waals surface area contributed by atoms with Crippen LogP contribution in [0.5, 0.6) is 5.75 Å². The highest BCUT2D eigenvalue weighted by Gasteiger charge is 2.33. The van der Waals surface area contributed by atoms with Gasteiger partial charge in [0, 0.05) is 18.2 Å². The van der Waals surface area contributed by atoms with Gasteiger partial charge in [-0.3, -0.25) is 4.79 Å². The molecule has 0 unspecified atom stereocenters. The van der Waals surface area contributed by atoms with Crippen LogP contribution in [0.3, 0.4) is 0 Å². The quantitative estimate of drug-likeness (QED) is 0.712. The summed E-state index contributed by atoms with van der Waals surface area (Å²) in [7, 11) is 0. The molecule has 0 saturated heterocycles. The molecule has 0 bridgehead atoms. The van der Waals surface area contributed by atoms with Gasteiger partial charge in [0.2, 0.25) is 0 Å². The van der Waals surface area contributed by atoms with Crippen LogP contribution in [0.4, 0.5) is 4.39 Å². The first kappa shape index (κ1) is 18.4. The van der Waals surface area contributed by atoms with Crippen molar-refractivity contribution in [1.29, 1.82) is 0 Å². The van der Waals surface area contributed by atoms with Gasteiger partial charge in [-0.25, -0.2) is 4.39 Å². The molecule has 0 N–H and O–H groups in total. The molecule has 0 atom stereocenters. The predicted octanol–water partition coefficient (Wildman–Crippen LogP) is 4.83. The Morgan fingerprint density at radius 3 is 2.62 bits per heavy atom. The fourth-order valence-electron chi connectivity index (χ4n) is 3.08. The second-order valence-electron chi connectivity index (χ2n) is 7.33. The monoisotopic (exact) mass is 355 g/mol. The van der Waals surface area contributed by atoms with E-state index in [9.17, 15) is 9.18 Å². The van der Waals surface area contributed by atoms with E-state index in [2.05, 4.69) is 26.0 Å². The Morgan fingerprint density at radius 1 is 1.23 bits per heavy atom. The SMILES string of the molecule is Cc1ccc(C(C)C)c(OCC(=O)N(Cc2ccccc2F)C2CC2)c1. The molecule has 2 aromatic rings. The molecular weight excluding hydrogens is 329 g/mol. The highest BCUT2D eigenvalue weighted by atomic mass is 19.1. The van der Waals surface area contributed by atoms with E-state index >= 15 is 0 Å². The smallest absolute Gasteiger partial charge is 0.261 e. The Balaban J connectivity index is 1.70. The second kappa shape index (κ2) is 7.90. The topological polar surface area (TPSA) is 29.5 Å². The summed E-state index contributed by atoms with van der Waals surface area (Å²) in [6.45, 7) is 6.49. The Labute approximate surface area is 154 Å². The van der Waals surface area contributed by atoms with Crippen LogP contribution in [0, 0.1) is 12.7 Å². The minimum atomic E-state index is -0.271. The van der Waals surface area contributed by atoms with Gasteiger partial charge in [-0.1, -0.05) is 44.2 Å². The standard InChI is InChI=1S/C22H26FNO2/c1-15(2)19-11-8-16(3)12-21(19)26-14-22(25)24(18-9-10-18)13-17-6-4-5-7-20(17)23/h4-8,11-12,15,18H,9-10,13-14H2,1-3H3. The molecule has 0 aromatic heterocycles. The lowest BCUT2D eigenvalue weighted by Crippen LogP contribution is -2.36. The summed E-state index contributed by atoms with van der Waals surface area (Å²) in [4.78, 5) is 14.5. The van der Waals surface area contributed by atoms with E-state index in [4.69, 9.17) is 4.74 Å². The Kier molecular flexibility index (Phi) is 5.60. The third-order valence-electron chi connectivity index (χ3n) is 4.75. The number of ether oxygens (including phenoxy) is 1. The van der Waals surface area contributed by atoms with Crippen molar-refractivity contribution in [3.05, 3.63) is 65.0 Å². The summed E-state index contributed by atoms with van der Waals surface area (Å²) < 4.78 is 19.8. The minimum Gasteiger partial charge on any atom is -0.483 e. The molecule has 1 amide bonds. The highest BCUT2D eigenvalue weighted by Crippen LogP contribution is 2.30. The van der Waals surface area contributed by atoms with Gasteiger partial charge in [0.15, 0.2) is 6.61 Å². The van der Waals surface area contributed by atoms with Crippen LogP contribution in [0.2, 0.25) is 0 Å². The second-order valence-corrected chi connectivity index (χ2v) is 7.33. The maximum atomic E-state index is 14.0. The number of aryl methyl sites for hydroxylation is 1. The van der Waals surface area contributed by atoms with Gasteiger partial charge in [0.1, 0.15) is 11.6 Å². The van der Waals surface area contributed by atoms with Gasteiger partial charge in [0.05, 0.1) is 0 Å². The number of benzene rings is 2. The molecule has 0 radical (unpaired) electrons. The van der Waals surface area contributed by atoms with Gasteiger partial charge in [-0.15, -0.1) is 0 Å². The molecule has 1 saturated carbocycles. The van der Waals surface area contributed by atoms with Crippen LogP contribution in [-0.4, -0.2) is 23.5 Å². The average molecular weight is 355 g/mol. The molecule has 0 aliphatic heterocycles. The van der Waals surface area contributed by atoms with Crippen LogP contribution in [0.15, 0.2) is 42.5 Å². The maximum absolute atomic E-state index is 14.0. The van der Waals surface area contributed by atoms with Crippen LogP contribution >= 0.6 is 0 Å². The number of hydrogen-bond donors (Lipinski definition) is 0. The van der Waals surface area contributed by atoms with Gasteiger partial charge in [-0.05, 0) is 48.9 Å². The third kappa shape index (κ3) is 4.43. The first-order valence-electron chi connectivity index (χ1n) is 9.22. The Bertz CT molecular complexity index is 783. The van der Waals surface area contributed by atoms with E-state index in [-0.39, 0.29) is 24.4 Å². The number of amides is 1. The lowest BCUT2D eigenvalue weighted by atomic mass is 10.0. The van der Waals surface area contributed by atoms with E-state index in [1.165, 1.54) is 6.07 Å². The molecular formula is C22H26FNO2. The third-order valence-corrected chi connectivity index (χ3v) is 4.75. The van der Waals surface area contributed by atoms with E-state index in [1.807, 2.05) is 13.0 Å². The maximum Gasteiger partial charge on any atom is 0.261 e. The fourth-order valence-corrected chi connectivity index (χ4v) is 3.08. The van der Waals surface area contributed by atoms with Gasteiger partial charge >= 0.3 is 0 Å². The molecule has 3 nitrogen and oxygen atoms in total. The van der Waals surface area contributed by atoms with Crippen LogP contribution in [0.1, 0.15) is 49.3 Å². The van der Waals surface area contributed by atoms with Gasteiger partial charge in [-0.2, -0.15) is 0 Å². The fraction of sp³-hybridized carbons (Fsp3) is 0.409. The zero-order valence-electron chi connectivity index (χ0n) is 15.7. The van der Waals surface area contributed by atoms with E-state index in [1.54, 1.807) is 23.1 Å². The molecule has 26 heavy (non-hydrogen) atoms. The van der Waals surface area contributed by atoms with Crippen LogP contribution in [0.25, 0.3) is 0 Å². The molecule has 3 rings (SSSR count). The number of nitrogens with zero attached hydrogens (tertiary/aromatic N) is 1. The summed E-state index contributed by atoms with van der Waals surface area (Å²) >= 11 is 0. The number of carbonyl (C=O) groups excluding carboxylic acids is 1. The predicted molar refractivity (Wildman–Crippen MR) is 101 cm³/mol. The van der Waals surface area contributed by atoms with Crippen molar-refractivity contribution in [3.8, 4) is 5.75 Å². The van der Waals surface area contributed by atoms with Crippen molar-refractivity contribution < 1.29 is 13.9 Å². The van der Waals surface area contributed by atoms with E-state index < -0.39 is 0 Å². The van der Waals surface area contributed by atoms with Crippen molar-refractivity contribution in [1.82, 2.24) is 4.90 Å². The molecule has 0 heterocycles. The molecule has 1 aliphatic carbocycles. The number of halogens is 1. The lowest BCUT2D eigenvalue weighted by molar-refractivity contribution is -0.134. The Morgan fingerprint density at radius 2 is 1.96 bits per heavy atom. The van der Waals surface area contributed by atoms with Crippen LogP contribution < -0.4 is 4.74 Å². The molecule has 1 aliphatic rings. The van der Waals surface area contributed by atoms with Crippen molar-refractivity contribution in [3.63, 3.8) is 0 Å². The normalized spacial score (nSPS) is 13.7. The van der Waals surface area contributed by atoms with Crippen LogP contribution in [-0.2, 0) is 11.3 Å². The molecule has 0 spiro atoms. The Hall–Kier alpha value is -2.36. The first-order chi connectivity index (χ1) is 12.5. The van der Waals surface area contributed by atoms with Crippen molar-refractivity contribution in [2.24, 2.45) is 0 Å². The largest absolute Gasteiger partial charge is 0.483 e. The van der Waals surface area contributed by atoms with Crippen molar-refractivity contribution in [2.75, 3.05) is 6.61 Å². The van der Waals surface area contributed by atoms with E-state index in [0.29, 0.717) is 18.0 Å². The average Bonchev–Trinajstić information content (AvgIpc) is 3.43. The molecule has 138 valence electrons. The first-order valence-corrected chi connectivity index (χ1v) is 9.22. The summed E-state index contributed by atoms with van der Waals surface area (Å²) in [5, 5.41) is 0. The summed E-state index contributed by atoms with van der Waals surface area (Å²) in [6, 6.07) is 12.9. The molecule has 2 aromatic carbocycles. The van der Waals surface area contributed by atoms with Crippen molar-refractivity contribution in [2.45, 2.75) is 52.1 Å². The number of rotatable bonds is 7. The number of hydrogen-bond acceptors (Lipinski definition) is 2. The van der Waals surface area contributed by atoms with Crippen molar-refractivity contribution >= 4 is 5.91 Å². The summed E-state index contributed by atoms with van der Waals surface area (Å²) in [5.41, 5.74) is 2.74. The van der Waals surface area contributed by atoms with E-state index in [0.717, 1.165) is 29.7 Å².